The van der Waals surface area contributed by atoms with Gasteiger partial charge in [-0.1, -0.05) is 0 Å². The predicted molar refractivity (Wildman–Crippen MR) is 109 cm³/mol. The van der Waals surface area contributed by atoms with E-state index in [2.05, 4.69) is 5.32 Å². The van der Waals surface area contributed by atoms with Crippen LogP contribution in [0.25, 0.3) is 0 Å². The molecule has 0 radical (unpaired) electrons. The van der Waals surface area contributed by atoms with Gasteiger partial charge in [0.25, 0.3) is 11.6 Å². The number of ether oxygens (including phenoxy) is 2. The van der Waals surface area contributed by atoms with Gasteiger partial charge in [0.15, 0.2) is 11.5 Å². The minimum Gasteiger partial charge on any atom is -0.493 e. The second kappa shape index (κ2) is 9.22. The number of benzene rings is 2. The molecule has 0 aliphatic heterocycles. The summed E-state index contributed by atoms with van der Waals surface area (Å²) in [5, 5.41) is 13.9. The molecule has 0 aliphatic rings. The number of hydrogen-bond donors (Lipinski definition) is 1. The van der Waals surface area contributed by atoms with Crippen molar-refractivity contribution in [3.63, 3.8) is 0 Å². The molecule has 0 aliphatic carbocycles. The van der Waals surface area contributed by atoms with E-state index in [0.717, 1.165) is 6.07 Å². The van der Waals surface area contributed by atoms with Crippen molar-refractivity contribution in [2.24, 2.45) is 0 Å². The van der Waals surface area contributed by atoms with Crippen molar-refractivity contribution in [3.8, 4) is 11.5 Å². The molecule has 0 saturated heterocycles. The summed E-state index contributed by atoms with van der Waals surface area (Å²) in [7, 11) is 3.11. The number of methoxy groups -OCH3 is 1. The van der Waals surface area contributed by atoms with Gasteiger partial charge in [-0.25, -0.2) is 4.39 Å². The molecule has 2 rings (SSSR count). The quantitative estimate of drug-likeness (QED) is 0.522. The Bertz CT molecular complexity index is 917. The van der Waals surface area contributed by atoms with E-state index in [-0.39, 0.29) is 35.4 Å². The van der Waals surface area contributed by atoms with Crippen LogP contribution in [0.1, 0.15) is 31.1 Å². The van der Waals surface area contributed by atoms with E-state index in [0.29, 0.717) is 5.69 Å². The lowest BCUT2D eigenvalue weighted by Gasteiger charge is -2.24. The smallest absolute Gasteiger partial charge is 0.286 e. The Labute approximate surface area is 168 Å². The zero-order valence-electron chi connectivity index (χ0n) is 17.0. The van der Waals surface area contributed by atoms with Gasteiger partial charge in [-0.2, -0.15) is 0 Å². The van der Waals surface area contributed by atoms with Gasteiger partial charge in [0, 0.05) is 24.8 Å². The van der Waals surface area contributed by atoms with Crippen LogP contribution < -0.4 is 19.7 Å². The van der Waals surface area contributed by atoms with E-state index in [1.807, 2.05) is 13.8 Å². The normalized spacial score (nSPS) is 10.6. The lowest BCUT2D eigenvalue weighted by Crippen LogP contribution is -2.26. The number of nitro benzene ring substituents is 1. The summed E-state index contributed by atoms with van der Waals surface area (Å²) in [5.41, 5.74) is -0.106. The first-order valence-electron chi connectivity index (χ1n) is 9.02. The summed E-state index contributed by atoms with van der Waals surface area (Å²) in [4.78, 5) is 25.2. The van der Waals surface area contributed by atoms with Gasteiger partial charge >= 0.3 is 0 Å². The van der Waals surface area contributed by atoms with Gasteiger partial charge in [-0.3, -0.25) is 14.9 Å². The van der Waals surface area contributed by atoms with E-state index in [4.69, 9.17) is 9.47 Å². The van der Waals surface area contributed by atoms with Gasteiger partial charge in [0.05, 0.1) is 30.4 Å². The highest BCUT2D eigenvalue weighted by molar-refractivity contribution is 6.07. The van der Waals surface area contributed by atoms with E-state index in [9.17, 15) is 19.3 Å². The molecule has 0 bridgehead atoms. The zero-order valence-corrected chi connectivity index (χ0v) is 17.0. The maximum atomic E-state index is 14.4. The van der Waals surface area contributed by atoms with E-state index in [1.54, 1.807) is 24.9 Å². The molecule has 0 saturated carbocycles. The molecule has 0 unspecified atom stereocenters. The molecule has 0 fully saturated rings. The number of rotatable bonds is 8. The van der Waals surface area contributed by atoms with Crippen molar-refractivity contribution < 1.29 is 23.6 Å². The van der Waals surface area contributed by atoms with Crippen LogP contribution in [0.5, 0.6) is 11.5 Å². The van der Waals surface area contributed by atoms with Gasteiger partial charge < -0.3 is 19.7 Å². The number of nitrogens with zero attached hydrogens (tertiary/aromatic N) is 2. The second-order valence-corrected chi connectivity index (χ2v) is 6.54. The monoisotopic (exact) mass is 405 g/mol. The van der Waals surface area contributed by atoms with E-state index < -0.39 is 22.3 Å². The summed E-state index contributed by atoms with van der Waals surface area (Å²) in [6.45, 7) is 5.87. The van der Waals surface area contributed by atoms with Crippen LogP contribution in [0, 0.1) is 15.9 Å². The van der Waals surface area contributed by atoms with Crippen LogP contribution in [0.3, 0.4) is 0 Å². The number of nitro groups is 1. The molecule has 2 aromatic carbocycles. The van der Waals surface area contributed by atoms with Gasteiger partial charge in [0.1, 0.15) is 11.4 Å². The number of hydrogen-bond acceptors (Lipinski definition) is 6. The Kier molecular flexibility index (Phi) is 6.98. The first-order chi connectivity index (χ1) is 13.7. The number of carbonyl (C=O) groups excluding carboxylic acids is 1. The highest BCUT2D eigenvalue weighted by Gasteiger charge is 2.25. The van der Waals surface area contributed by atoms with Gasteiger partial charge in [-0.15, -0.1) is 0 Å². The maximum Gasteiger partial charge on any atom is 0.286 e. The van der Waals surface area contributed by atoms with Crippen LogP contribution in [-0.2, 0) is 0 Å². The molecule has 0 atom stereocenters. The Morgan fingerprint density at radius 1 is 1.28 bits per heavy atom. The second-order valence-electron chi connectivity index (χ2n) is 6.54. The fourth-order valence-electron chi connectivity index (χ4n) is 2.66. The lowest BCUT2D eigenvalue weighted by atomic mass is 10.1. The highest BCUT2D eigenvalue weighted by atomic mass is 19.1. The average Bonchev–Trinajstić information content (AvgIpc) is 2.67. The van der Waals surface area contributed by atoms with E-state index in [1.165, 1.54) is 25.3 Å². The molecule has 156 valence electrons. The minimum absolute atomic E-state index is 0.0869. The summed E-state index contributed by atoms with van der Waals surface area (Å²) in [5.74, 6) is -0.934. The molecule has 1 N–H and O–H groups in total. The number of carbonyl (C=O) groups is 1. The summed E-state index contributed by atoms with van der Waals surface area (Å²) in [6, 6.07) is 6.70. The summed E-state index contributed by atoms with van der Waals surface area (Å²) >= 11 is 0. The maximum absolute atomic E-state index is 14.4. The van der Waals surface area contributed by atoms with Crippen LogP contribution >= 0.6 is 0 Å². The van der Waals surface area contributed by atoms with Crippen LogP contribution in [0.2, 0.25) is 0 Å². The molecule has 9 heteroatoms. The molecule has 2 aromatic rings. The molecule has 1 amide bonds. The van der Waals surface area contributed by atoms with Gasteiger partial charge in [-0.05, 0) is 39.0 Å². The van der Waals surface area contributed by atoms with Crippen molar-refractivity contribution in [3.05, 3.63) is 51.8 Å². The fraction of sp³-hybridized carbons (Fsp3) is 0.350. The predicted octanol–water partition coefficient (Wildman–Crippen LogP) is 4.24. The SMILES string of the molecule is CCOc1cc(C(=O)Nc2ccc(N(C)C(C)C)c(F)c2)c([N+](=O)[O-])cc1OC. The fourth-order valence-corrected chi connectivity index (χ4v) is 2.66. The Hall–Kier alpha value is -3.36. The molecule has 0 aromatic heterocycles. The molecule has 0 spiro atoms. The Balaban J connectivity index is 2.38. The summed E-state index contributed by atoms with van der Waals surface area (Å²) in [6.07, 6.45) is 0. The first-order valence-corrected chi connectivity index (χ1v) is 9.02. The van der Waals surface area contributed by atoms with Crippen molar-refractivity contribution in [1.29, 1.82) is 0 Å². The Morgan fingerprint density at radius 2 is 1.97 bits per heavy atom. The third-order valence-corrected chi connectivity index (χ3v) is 4.38. The molecular weight excluding hydrogens is 381 g/mol. The van der Waals surface area contributed by atoms with Crippen molar-refractivity contribution in [1.82, 2.24) is 0 Å². The largest absolute Gasteiger partial charge is 0.493 e. The van der Waals surface area contributed by atoms with Crippen molar-refractivity contribution in [2.45, 2.75) is 26.8 Å². The number of halogens is 1. The van der Waals surface area contributed by atoms with E-state index >= 15 is 0 Å². The minimum atomic E-state index is -0.760. The average molecular weight is 405 g/mol. The molecular formula is C20H24FN3O5. The first kappa shape index (κ1) is 21.9. The van der Waals surface area contributed by atoms with Crippen LogP contribution in [-0.4, -0.2) is 37.6 Å². The topological polar surface area (TPSA) is 93.9 Å². The lowest BCUT2D eigenvalue weighted by molar-refractivity contribution is -0.385. The standard InChI is InChI=1S/C20H24FN3O5/c1-6-29-19-10-14(17(24(26)27)11-18(19)28-5)20(25)22-13-7-8-16(15(21)9-13)23(4)12(2)3/h7-12H,6H2,1-5H3,(H,22,25). The number of anilines is 2. The third-order valence-electron chi connectivity index (χ3n) is 4.38. The summed E-state index contributed by atoms with van der Waals surface area (Å²) < 4.78 is 24.9. The third kappa shape index (κ3) is 4.92. The van der Waals surface area contributed by atoms with Crippen LogP contribution in [0.4, 0.5) is 21.5 Å². The Morgan fingerprint density at radius 3 is 2.48 bits per heavy atom. The van der Waals surface area contributed by atoms with Crippen molar-refractivity contribution >= 4 is 23.0 Å². The molecule has 29 heavy (non-hydrogen) atoms. The van der Waals surface area contributed by atoms with Gasteiger partial charge in [0.2, 0.25) is 0 Å². The molecule has 8 nitrogen and oxygen atoms in total. The van der Waals surface area contributed by atoms with Crippen LogP contribution in [0.15, 0.2) is 30.3 Å². The highest BCUT2D eigenvalue weighted by Crippen LogP contribution is 2.35. The van der Waals surface area contributed by atoms with Crippen molar-refractivity contribution in [2.75, 3.05) is 31.0 Å². The zero-order chi connectivity index (χ0) is 21.7. The number of amides is 1. The molecule has 0 heterocycles. The number of nitrogens with one attached hydrogen (secondary N) is 1.